The lowest BCUT2D eigenvalue weighted by Crippen LogP contribution is -2.54. The predicted octanol–water partition coefficient (Wildman–Crippen LogP) is 2.02. The number of unbranched alkanes of at least 4 members (excludes halogenated alkanes) is 1. The predicted molar refractivity (Wildman–Crippen MR) is 67.4 cm³/mol. The normalized spacial score (nSPS) is 21.5. The molecule has 3 heteroatoms. The van der Waals surface area contributed by atoms with Crippen LogP contribution in [-0.2, 0) is 4.79 Å². The highest BCUT2D eigenvalue weighted by molar-refractivity contribution is 5.76. The average Bonchev–Trinajstić information content (AvgIpc) is 2.26. The van der Waals surface area contributed by atoms with Crippen molar-refractivity contribution in [1.29, 1.82) is 0 Å². The van der Waals surface area contributed by atoms with Gasteiger partial charge in [0.15, 0.2) is 0 Å². The Kier molecular flexibility index (Phi) is 5.81. The second-order valence-electron chi connectivity index (χ2n) is 5.18. The van der Waals surface area contributed by atoms with E-state index in [1.54, 1.807) is 0 Å². The molecule has 0 aromatic carbocycles. The summed E-state index contributed by atoms with van der Waals surface area (Å²) in [6, 6.07) is 0.415. The molecular weight excluding hydrogens is 200 g/mol. The van der Waals surface area contributed by atoms with Crippen LogP contribution in [0.5, 0.6) is 0 Å². The van der Waals surface area contributed by atoms with Gasteiger partial charge in [-0.25, -0.2) is 0 Å². The zero-order chi connectivity index (χ0) is 12.0. The van der Waals surface area contributed by atoms with E-state index in [-0.39, 0.29) is 0 Å². The molecule has 1 aliphatic heterocycles. The summed E-state index contributed by atoms with van der Waals surface area (Å²) in [5.74, 6) is 1.01. The Morgan fingerprint density at radius 2 is 2.25 bits per heavy atom. The summed E-state index contributed by atoms with van der Waals surface area (Å²) in [6.45, 7) is 9.39. The summed E-state index contributed by atoms with van der Waals surface area (Å²) in [5.41, 5.74) is 0. The van der Waals surface area contributed by atoms with Gasteiger partial charge in [0.2, 0.25) is 5.91 Å². The standard InChI is InChI=1S/C13H26N2O/c1-4-5-6-13(16)15-8-7-14-10-12(15)9-11(2)3/h11-12,14H,4-10H2,1-3H3. The topological polar surface area (TPSA) is 32.3 Å². The van der Waals surface area contributed by atoms with Gasteiger partial charge < -0.3 is 10.2 Å². The van der Waals surface area contributed by atoms with Crippen LogP contribution in [-0.4, -0.2) is 36.5 Å². The van der Waals surface area contributed by atoms with Crippen LogP contribution >= 0.6 is 0 Å². The van der Waals surface area contributed by atoms with Gasteiger partial charge in [0.05, 0.1) is 0 Å². The van der Waals surface area contributed by atoms with Gasteiger partial charge in [0.1, 0.15) is 0 Å². The summed E-state index contributed by atoms with van der Waals surface area (Å²) in [7, 11) is 0. The Morgan fingerprint density at radius 3 is 2.88 bits per heavy atom. The van der Waals surface area contributed by atoms with E-state index in [9.17, 15) is 4.79 Å². The van der Waals surface area contributed by atoms with E-state index >= 15 is 0 Å². The highest BCUT2D eigenvalue weighted by Crippen LogP contribution is 2.15. The molecule has 1 rings (SSSR count). The zero-order valence-corrected chi connectivity index (χ0v) is 11.0. The number of hydrogen-bond donors (Lipinski definition) is 1. The Balaban J connectivity index is 2.48. The van der Waals surface area contributed by atoms with E-state index in [4.69, 9.17) is 0 Å². The molecule has 1 saturated heterocycles. The number of carbonyl (C=O) groups is 1. The van der Waals surface area contributed by atoms with Crippen LogP contribution in [0.15, 0.2) is 0 Å². The number of hydrogen-bond acceptors (Lipinski definition) is 2. The van der Waals surface area contributed by atoms with Crippen molar-refractivity contribution in [2.45, 2.75) is 52.5 Å². The van der Waals surface area contributed by atoms with Crippen LogP contribution in [0.1, 0.15) is 46.5 Å². The Hall–Kier alpha value is -0.570. The first-order valence-corrected chi connectivity index (χ1v) is 6.65. The van der Waals surface area contributed by atoms with Gasteiger partial charge >= 0.3 is 0 Å². The second-order valence-corrected chi connectivity index (χ2v) is 5.18. The summed E-state index contributed by atoms with van der Waals surface area (Å²) >= 11 is 0. The summed E-state index contributed by atoms with van der Waals surface area (Å²) in [6.07, 6.45) is 3.97. The summed E-state index contributed by atoms with van der Waals surface area (Å²) in [4.78, 5) is 14.2. The number of rotatable bonds is 5. The van der Waals surface area contributed by atoms with Crippen molar-refractivity contribution in [3.63, 3.8) is 0 Å². The van der Waals surface area contributed by atoms with Crippen molar-refractivity contribution < 1.29 is 4.79 Å². The van der Waals surface area contributed by atoms with Crippen LogP contribution in [0.4, 0.5) is 0 Å². The largest absolute Gasteiger partial charge is 0.337 e. The van der Waals surface area contributed by atoms with E-state index in [1.807, 2.05) is 0 Å². The van der Waals surface area contributed by atoms with Gasteiger partial charge in [0, 0.05) is 32.1 Å². The number of carbonyl (C=O) groups excluding carboxylic acids is 1. The van der Waals surface area contributed by atoms with Gasteiger partial charge in [-0.05, 0) is 18.8 Å². The molecule has 1 heterocycles. The Bertz CT molecular complexity index is 216. The molecule has 1 atom stereocenters. The molecule has 0 aliphatic carbocycles. The average molecular weight is 226 g/mol. The van der Waals surface area contributed by atoms with Gasteiger partial charge in [-0.1, -0.05) is 27.2 Å². The molecule has 1 amide bonds. The highest BCUT2D eigenvalue weighted by atomic mass is 16.2. The number of piperazine rings is 1. The minimum Gasteiger partial charge on any atom is -0.337 e. The summed E-state index contributed by atoms with van der Waals surface area (Å²) < 4.78 is 0. The SMILES string of the molecule is CCCCC(=O)N1CCNCC1CC(C)C. The molecule has 0 saturated carbocycles. The zero-order valence-electron chi connectivity index (χ0n) is 11.0. The molecule has 1 N–H and O–H groups in total. The van der Waals surface area contributed by atoms with Crippen molar-refractivity contribution in [3.05, 3.63) is 0 Å². The minimum absolute atomic E-state index is 0.356. The molecule has 0 spiro atoms. The minimum atomic E-state index is 0.356. The fourth-order valence-corrected chi connectivity index (χ4v) is 2.32. The van der Waals surface area contributed by atoms with Crippen LogP contribution in [0, 0.1) is 5.92 Å². The van der Waals surface area contributed by atoms with Crippen LogP contribution in [0.25, 0.3) is 0 Å². The van der Waals surface area contributed by atoms with E-state index in [2.05, 4.69) is 31.0 Å². The molecule has 1 fully saturated rings. The molecular formula is C13H26N2O. The van der Waals surface area contributed by atoms with Gasteiger partial charge in [-0.15, -0.1) is 0 Å². The molecule has 0 aromatic heterocycles. The lowest BCUT2D eigenvalue weighted by molar-refractivity contribution is -0.134. The lowest BCUT2D eigenvalue weighted by atomic mass is 10.00. The maximum Gasteiger partial charge on any atom is 0.222 e. The van der Waals surface area contributed by atoms with Crippen molar-refractivity contribution >= 4 is 5.91 Å². The third kappa shape index (κ3) is 4.12. The van der Waals surface area contributed by atoms with E-state index in [1.165, 1.54) is 0 Å². The maximum absolute atomic E-state index is 12.0. The molecule has 3 nitrogen and oxygen atoms in total. The highest BCUT2D eigenvalue weighted by Gasteiger charge is 2.26. The van der Waals surface area contributed by atoms with Crippen molar-refractivity contribution in [1.82, 2.24) is 10.2 Å². The van der Waals surface area contributed by atoms with E-state index in [0.717, 1.165) is 45.3 Å². The molecule has 1 aliphatic rings. The molecule has 0 radical (unpaired) electrons. The third-order valence-electron chi connectivity index (χ3n) is 3.16. The first kappa shape index (κ1) is 13.5. The van der Waals surface area contributed by atoms with Gasteiger partial charge in [0.25, 0.3) is 0 Å². The van der Waals surface area contributed by atoms with Crippen LogP contribution in [0.3, 0.4) is 0 Å². The van der Waals surface area contributed by atoms with Crippen molar-refractivity contribution in [2.75, 3.05) is 19.6 Å². The molecule has 94 valence electrons. The van der Waals surface area contributed by atoms with Crippen molar-refractivity contribution in [2.24, 2.45) is 5.92 Å². The van der Waals surface area contributed by atoms with Crippen molar-refractivity contribution in [3.8, 4) is 0 Å². The van der Waals surface area contributed by atoms with E-state index in [0.29, 0.717) is 17.9 Å². The fraction of sp³-hybridized carbons (Fsp3) is 0.923. The first-order valence-electron chi connectivity index (χ1n) is 6.65. The third-order valence-corrected chi connectivity index (χ3v) is 3.16. The molecule has 0 bridgehead atoms. The second kappa shape index (κ2) is 6.89. The van der Waals surface area contributed by atoms with Crippen LogP contribution < -0.4 is 5.32 Å². The lowest BCUT2D eigenvalue weighted by Gasteiger charge is -2.37. The molecule has 16 heavy (non-hydrogen) atoms. The quantitative estimate of drug-likeness (QED) is 0.778. The Morgan fingerprint density at radius 1 is 1.50 bits per heavy atom. The maximum atomic E-state index is 12.0. The number of nitrogens with zero attached hydrogens (tertiary/aromatic N) is 1. The number of nitrogens with one attached hydrogen (secondary N) is 1. The smallest absolute Gasteiger partial charge is 0.222 e. The number of amides is 1. The molecule has 0 aromatic rings. The first-order chi connectivity index (χ1) is 7.65. The van der Waals surface area contributed by atoms with Crippen LogP contribution in [0.2, 0.25) is 0 Å². The van der Waals surface area contributed by atoms with Gasteiger partial charge in [-0.2, -0.15) is 0 Å². The van der Waals surface area contributed by atoms with E-state index < -0.39 is 0 Å². The van der Waals surface area contributed by atoms with Gasteiger partial charge in [-0.3, -0.25) is 4.79 Å². The monoisotopic (exact) mass is 226 g/mol. The fourth-order valence-electron chi connectivity index (χ4n) is 2.32. The summed E-state index contributed by atoms with van der Waals surface area (Å²) in [5, 5.41) is 3.39. The molecule has 1 unspecified atom stereocenters. The Labute approximate surface area is 99.6 Å².